The van der Waals surface area contributed by atoms with Gasteiger partial charge in [0.05, 0.1) is 50.1 Å². The number of Topliss-reactive ketones (excluding diaryl/α,β-unsaturated/α-hetero) is 1. The molecule has 1 aromatic carbocycles. The van der Waals surface area contributed by atoms with Gasteiger partial charge in [-0.05, 0) is 133 Å². The summed E-state index contributed by atoms with van der Waals surface area (Å²) in [5.74, 6) is -1.23. The van der Waals surface area contributed by atoms with Gasteiger partial charge in [0.15, 0.2) is 18.4 Å². The summed E-state index contributed by atoms with van der Waals surface area (Å²) in [4.78, 5) is 31.4. The molecule has 0 bridgehead atoms. The minimum atomic E-state index is -0.820. The topological polar surface area (TPSA) is 153 Å². The van der Waals surface area contributed by atoms with Crippen molar-refractivity contribution in [3.63, 3.8) is 0 Å². The van der Waals surface area contributed by atoms with Crippen LogP contribution in [-0.2, 0) is 47.5 Å². The van der Waals surface area contributed by atoms with Crippen molar-refractivity contribution in [2.24, 2.45) is 35.5 Å². The fraction of sp³-hybridized carbons (Fsp3) is 0.792. The van der Waals surface area contributed by atoms with E-state index < -0.39 is 48.8 Å². The van der Waals surface area contributed by atoms with Gasteiger partial charge in [-0.2, -0.15) is 0 Å². The zero-order chi connectivity index (χ0) is 44.4. The first-order chi connectivity index (χ1) is 29.8. The summed E-state index contributed by atoms with van der Waals surface area (Å²) < 4.78 is 55.7. The molecular formula is C48H74N2O12. The van der Waals surface area contributed by atoms with Crippen LogP contribution in [0.2, 0.25) is 0 Å². The Labute approximate surface area is 368 Å². The summed E-state index contributed by atoms with van der Waals surface area (Å²) in [5, 5.41) is 16.3. The smallest absolute Gasteiger partial charge is 0.306 e. The molecule has 4 unspecified atom stereocenters. The number of nitrogens with one attached hydrogen (secondary N) is 1. The second kappa shape index (κ2) is 20.7. The lowest BCUT2D eigenvalue weighted by Crippen LogP contribution is -2.59. The Bertz CT molecular complexity index is 1680. The van der Waals surface area contributed by atoms with Crippen LogP contribution in [0.3, 0.4) is 0 Å². The number of likely N-dealkylation sites (N-methyl/N-ethyl adjacent to an activating group) is 1. The van der Waals surface area contributed by atoms with Crippen molar-refractivity contribution in [2.45, 2.75) is 165 Å². The number of anilines is 1. The molecule has 3 heterocycles. The van der Waals surface area contributed by atoms with E-state index in [9.17, 15) is 9.90 Å². The molecule has 2 N–H and O–H groups in total. The van der Waals surface area contributed by atoms with Crippen LogP contribution in [0, 0.1) is 35.5 Å². The van der Waals surface area contributed by atoms with Crippen LogP contribution in [0.1, 0.15) is 85.5 Å². The lowest BCUT2D eigenvalue weighted by atomic mass is 9.62. The number of carbonyl (C=O) groups excluding carboxylic acids is 2. The van der Waals surface area contributed by atoms with Gasteiger partial charge in [-0.3, -0.25) is 9.59 Å². The highest BCUT2D eigenvalue weighted by atomic mass is 16.7. The molecule has 3 aliphatic heterocycles. The van der Waals surface area contributed by atoms with Crippen LogP contribution >= 0.6 is 0 Å². The normalized spacial score (nSPS) is 42.8. The van der Waals surface area contributed by atoms with Crippen molar-refractivity contribution in [2.75, 3.05) is 47.9 Å². The van der Waals surface area contributed by atoms with Gasteiger partial charge >= 0.3 is 5.97 Å². The standard InChI is InChI=1S/C48H74N2O12/c1-11-29-13-12-14-38(62-40-20-19-37(50(5)6)26(3)58-40)25(2)43(52)36-23-33-32-21-31(61-48-47(57-10)46(56-9)45(55-8)27(4)59-48)22-35(32)44(53)42(41(33)34(36)24-39(51)60-29)49-28-15-17-30(54-7)18-16-28/h15-18,23,25-27,29,31-35,37-38,40-42,44-49,53H,11-14,19-22,24H2,1-10H3/t25-,26?,27?,29+,31+,32+,33+,34-,35-,37+,38+,40+,41-,42-,44-,45+,46?,47?,48+/m1/s1. The van der Waals surface area contributed by atoms with E-state index in [2.05, 4.69) is 37.3 Å². The maximum Gasteiger partial charge on any atom is 0.306 e. The third-order valence-corrected chi connectivity index (χ3v) is 15.3. The Morgan fingerprint density at radius 2 is 1.55 bits per heavy atom. The van der Waals surface area contributed by atoms with Crippen molar-refractivity contribution >= 4 is 17.4 Å². The maximum absolute atomic E-state index is 15.2. The second-order valence-electron chi connectivity index (χ2n) is 19.0. The van der Waals surface area contributed by atoms with Crippen LogP contribution < -0.4 is 10.1 Å². The minimum Gasteiger partial charge on any atom is -0.497 e. The van der Waals surface area contributed by atoms with E-state index in [4.69, 9.17) is 42.6 Å². The van der Waals surface area contributed by atoms with Crippen molar-refractivity contribution in [3.05, 3.63) is 35.9 Å². The predicted molar refractivity (Wildman–Crippen MR) is 232 cm³/mol. The molecular weight excluding hydrogens is 797 g/mol. The number of fused-ring (bicyclic) bond motifs is 5. The largest absolute Gasteiger partial charge is 0.497 e. The van der Waals surface area contributed by atoms with Crippen LogP contribution in [0.25, 0.3) is 0 Å². The molecule has 1 aromatic rings. The molecule has 348 valence electrons. The number of ether oxygens (including phenoxy) is 9. The summed E-state index contributed by atoms with van der Waals surface area (Å²) >= 11 is 0. The maximum atomic E-state index is 15.2. The molecule has 62 heavy (non-hydrogen) atoms. The van der Waals surface area contributed by atoms with E-state index in [-0.39, 0.29) is 78.5 Å². The number of methoxy groups -OCH3 is 4. The zero-order valence-electron chi connectivity index (χ0n) is 38.6. The van der Waals surface area contributed by atoms with Gasteiger partial charge in [-0.25, -0.2) is 0 Å². The number of hydrogen-bond acceptors (Lipinski definition) is 14. The number of benzene rings is 1. The van der Waals surface area contributed by atoms with Gasteiger partial charge in [-0.15, -0.1) is 0 Å². The van der Waals surface area contributed by atoms with Gasteiger partial charge in [0, 0.05) is 44.9 Å². The Morgan fingerprint density at radius 1 is 0.839 bits per heavy atom. The van der Waals surface area contributed by atoms with Crippen molar-refractivity contribution in [1.82, 2.24) is 4.90 Å². The third-order valence-electron chi connectivity index (χ3n) is 15.3. The van der Waals surface area contributed by atoms with Crippen LogP contribution in [-0.4, -0.2) is 144 Å². The average Bonchev–Trinajstić information content (AvgIpc) is 3.85. The van der Waals surface area contributed by atoms with Crippen LogP contribution in [0.4, 0.5) is 5.69 Å². The van der Waals surface area contributed by atoms with Gasteiger partial charge < -0.3 is 58.0 Å². The number of ketones is 1. The molecule has 0 radical (unpaired) electrons. The minimum absolute atomic E-state index is 0.0131. The molecule has 14 heteroatoms. The van der Waals surface area contributed by atoms with Gasteiger partial charge in [0.1, 0.15) is 30.2 Å². The first-order valence-electron chi connectivity index (χ1n) is 23.2. The molecule has 0 amide bonds. The zero-order valence-corrected chi connectivity index (χ0v) is 38.6. The van der Waals surface area contributed by atoms with Crippen molar-refractivity contribution < 1.29 is 57.3 Å². The van der Waals surface area contributed by atoms with Crippen LogP contribution in [0.5, 0.6) is 5.75 Å². The monoisotopic (exact) mass is 871 g/mol. The number of rotatable bonds is 12. The number of nitrogens with zero attached hydrogens (tertiary/aromatic N) is 1. The van der Waals surface area contributed by atoms with Gasteiger partial charge in [-0.1, -0.05) is 19.9 Å². The Morgan fingerprint density at radius 3 is 2.19 bits per heavy atom. The third kappa shape index (κ3) is 9.79. The Balaban J connectivity index is 1.21. The highest BCUT2D eigenvalue weighted by molar-refractivity contribution is 5.99. The van der Waals surface area contributed by atoms with E-state index in [1.807, 2.05) is 45.0 Å². The summed E-state index contributed by atoms with van der Waals surface area (Å²) in [6, 6.07) is 7.44. The SMILES string of the molecule is CC[C@H]1CCC[C@H](O[C@H]2CC[C@H](N(C)C)C(C)O2)[C@@H](C)C(=O)C2=C[C@H]3[C@@H]4C[C@H](O[C@@H]5OC(C)[C@H](OC)C(OC)C5OC)C[C@H]4[C@@H](O)[C@H](Nc4ccc(OC)cc4)[C@H]3[C@@H]2CC(=O)O1. The van der Waals surface area contributed by atoms with Crippen LogP contribution in [0.15, 0.2) is 35.9 Å². The molecule has 14 nitrogen and oxygen atoms in total. The van der Waals surface area contributed by atoms with E-state index in [1.54, 1.807) is 28.4 Å². The molecule has 3 saturated heterocycles. The number of aliphatic hydroxyl groups is 1. The fourth-order valence-corrected chi connectivity index (χ4v) is 12.1. The molecule has 7 rings (SSSR count). The quantitative estimate of drug-likeness (QED) is 0.244. The first kappa shape index (κ1) is 47.3. The van der Waals surface area contributed by atoms with E-state index in [0.29, 0.717) is 49.5 Å². The van der Waals surface area contributed by atoms with Crippen molar-refractivity contribution in [1.29, 1.82) is 0 Å². The summed E-state index contributed by atoms with van der Waals surface area (Å²) in [6.07, 6.45) is 3.36. The number of hydrogen-bond donors (Lipinski definition) is 2. The number of cyclic esters (lactones) is 1. The average molecular weight is 871 g/mol. The Hall–Kier alpha value is -2.66. The highest BCUT2D eigenvalue weighted by Crippen LogP contribution is 2.57. The second-order valence-corrected chi connectivity index (χ2v) is 19.0. The lowest BCUT2D eigenvalue weighted by molar-refractivity contribution is -0.314. The van der Waals surface area contributed by atoms with E-state index in [1.165, 1.54) is 0 Å². The summed E-state index contributed by atoms with van der Waals surface area (Å²) in [6.45, 7) is 8.06. The summed E-state index contributed by atoms with van der Waals surface area (Å²) in [7, 11) is 10.7. The molecule has 3 aliphatic carbocycles. The summed E-state index contributed by atoms with van der Waals surface area (Å²) in [5.41, 5.74) is 1.44. The van der Waals surface area contributed by atoms with Gasteiger partial charge in [0.2, 0.25) is 0 Å². The molecule has 0 aromatic heterocycles. The molecule has 5 fully saturated rings. The Kier molecular flexibility index (Phi) is 15.8. The first-order valence-corrected chi connectivity index (χ1v) is 23.2. The molecule has 19 atom stereocenters. The molecule has 2 saturated carbocycles. The van der Waals surface area contributed by atoms with E-state index >= 15 is 4.79 Å². The predicted octanol–water partition coefficient (Wildman–Crippen LogP) is 5.78. The number of esters is 1. The number of carbonyl (C=O) groups is 2. The van der Waals surface area contributed by atoms with Crippen molar-refractivity contribution in [3.8, 4) is 5.75 Å². The molecule has 6 aliphatic rings. The highest BCUT2D eigenvalue weighted by Gasteiger charge is 2.60. The van der Waals surface area contributed by atoms with E-state index in [0.717, 1.165) is 24.9 Å². The fourth-order valence-electron chi connectivity index (χ4n) is 12.1. The molecule has 0 spiro atoms. The van der Waals surface area contributed by atoms with Gasteiger partial charge in [0.25, 0.3) is 0 Å². The lowest BCUT2D eigenvalue weighted by Gasteiger charge is -2.47. The number of allylic oxidation sites excluding steroid dienone is 2. The number of aliphatic hydroxyl groups excluding tert-OH is 1.